The second kappa shape index (κ2) is 6.37. The molecule has 4 N–H and O–H groups in total. The van der Waals surface area contributed by atoms with Crippen LogP contribution in [0.4, 0.5) is 27.6 Å². The molecule has 0 spiro atoms. The summed E-state index contributed by atoms with van der Waals surface area (Å²) in [7, 11) is 0. The van der Waals surface area contributed by atoms with Crippen LogP contribution >= 0.6 is 11.3 Å². The van der Waals surface area contributed by atoms with Crippen LogP contribution in [0.5, 0.6) is 0 Å². The Morgan fingerprint density at radius 1 is 1.22 bits per heavy atom. The number of hydrogen-bond acceptors (Lipinski definition) is 4. The van der Waals surface area contributed by atoms with E-state index >= 15 is 0 Å². The molecule has 0 aliphatic carbocycles. The molecule has 23 heavy (non-hydrogen) atoms. The predicted octanol–water partition coefficient (Wildman–Crippen LogP) is 4.09. The van der Waals surface area contributed by atoms with Crippen LogP contribution in [0.2, 0.25) is 0 Å². The lowest BCUT2D eigenvalue weighted by molar-refractivity contribution is -0.0582. The Morgan fingerprint density at radius 2 is 1.91 bits per heavy atom. The maximum absolute atomic E-state index is 14.0. The third-order valence-electron chi connectivity index (χ3n) is 2.76. The van der Waals surface area contributed by atoms with Gasteiger partial charge in [0.2, 0.25) is 0 Å². The van der Waals surface area contributed by atoms with Crippen molar-refractivity contribution in [3.8, 4) is 10.4 Å². The summed E-state index contributed by atoms with van der Waals surface area (Å²) < 4.78 is 66.5. The molecule has 0 atom stereocenters. The number of nitrogens with zero attached hydrogens (tertiary/aromatic N) is 1. The second-order valence-electron chi connectivity index (χ2n) is 4.34. The van der Waals surface area contributed by atoms with E-state index < -0.39 is 34.9 Å². The molecule has 0 radical (unpaired) electrons. The van der Waals surface area contributed by atoms with Crippen molar-refractivity contribution in [3.63, 3.8) is 0 Å². The van der Waals surface area contributed by atoms with Crippen molar-refractivity contribution in [3.05, 3.63) is 53.2 Å². The van der Waals surface area contributed by atoms with Gasteiger partial charge in [0.05, 0.1) is 5.70 Å². The average Bonchev–Trinajstić information content (AvgIpc) is 2.97. The first-order valence-electron chi connectivity index (χ1n) is 6.10. The van der Waals surface area contributed by atoms with Crippen molar-refractivity contribution in [2.24, 2.45) is 16.5 Å². The van der Waals surface area contributed by atoms with Gasteiger partial charge in [0.15, 0.2) is 11.5 Å². The van der Waals surface area contributed by atoms with Gasteiger partial charge >= 0.3 is 6.18 Å². The van der Waals surface area contributed by atoms with E-state index in [1.165, 1.54) is 6.07 Å². The molecule has 1 aromatic carbocycles. The molecule has 0 unspecified atom stereocenters. The minimum absolute atomic E-state index is 0.107. The molecular formula is C14H10F5N3S. The lowest BCUT2D eigenvalue weighted by Crippen LogP contribution is -2.29. The number of hydrogen-bond donors (Lipinski definition) is 2. The topological polar surface area (TPSA) is 64.4 Å². The highest BCUT2D eigenvalue weighted by atomic mass is 32.1. The van der Waals surface area contributed by atoms with Crippen molar-refractivity contribution < 1.29 is 22.0 Å². The summed E-state index contributed by atoms with van der Waals surface area (Å²) in [6, 6.07) is 4.46. The molecule has 1 aromatic heterocycles. The van der Waals surface area contributed by atoms with Crippen molar-refractivity contribution >= 4 is 22.7 Å². The minimum atomic E-state index is -4.95. The van der Waals surface area contributed by atoms with Crippen molar-refractivity contribution in [2.45, 2.75) is 6.18 Å². The Kier molecular flexibility index (Phi) is 4.69. The predicted molar refractivity (Wildman–Crippen MR) is 79.3 cm³/mol. The van der Waals surface area contributed by atoms with Crippen LogP contribution in [0.1, 0.15) is 0 Å². The van der Waals surface area contributed by atoms with E-state index in [0.717, 1.165) is 17.4 Å². The average molecular weight is 347 g/mol. The minimum Gasteiger partial charge on any atom is -0.403 e. The largest absolute Gasteiger partial charge is 0.435 e. The molecule has 0 aliphatic heterocycles. The van der Waals surface area contributed by atoms with E-state index in [0.29, 0.717) is 17.1 Å². The molecule has 0 bridgehead atoms. The zero-order chi connectivity index (χ0) is 17.2. The smallest absolute Gasteiger partial charge is 0.403 e. The summed E-state index contributed by atoms with van der Waals surface area (Å²) in [5.74, 6) is -2.17. The van der Waals surface area contributed by atoms with Crippen LogP contribution in [0, 0.1) is 11.6 Å². The van der Waals surface area contributed by atoms with E-state index in [-0.39, 0.29) is 5.56 Å². The molecule has 1 heterocycles. The summed E-state index contributed by atoms with van der Waals surface area (Å²) >= 11 is 1.10. The molecule has 2 aromatic rings. The SMILES string of the molecule is NC=C(N)C(=Nc1c(F)cc(F)cc1-c1cccs1)C(F)(F)F. The Hall–Kier alpha value is -2.42. The summed E-state index contributed by atoms with van der Waals surface area (Å²) in [6.45, 7) is 0. The van der Waals surface area contributed by atoms with E-state index in [1.807, 2.05) is 0 Å². The van der Waals surface area contributed by atoms with Gasteiger partial charge < -0.3 is 11.5 Å². The maximum Gasteiger partial charge on any atom is 0.435 e. The summed E-state index contributed by atoms with van der Waals surface area (Å²) in [5.41, 5.74) is 7.01. The molecule has 0 fully saturated rings. The molecule has 9 heteroatoms. The molecular weight excluding hydrogens is 337 g/mol. The number of nitrogens with two attached hydrogens (primary N) is 2. The third kappa shape index (κ3) is 3.67. The fraction of sp³-hybridized carbons (Fsp3) is 0.0714. The summed E-state index contributed by atoms with van der Waals surface area (Å²) in [5, 5.41) is 1.62. The van der Waals surface area contributed by atoms with Crippen LogP contribution in [0.15, 0.2) is 46.5 Å². The number of benzene rings is 1. The fourth-order valence-electron chi connectivity index (χ4n) is 1.78. The van der Waals surface area contributed by atoms with Crippen LogP contribution in [-0.4, -0.2) is 11.9 Å². The molecule has 0 saturated heterocycles. The Morgan fingerprint density at radius 3 is 2.43 bits per heavy atom. The Labute approximate surface area is 131 Å². The summed E-state index contributed by atoms with van der Waals surface area (Å²) in [6.07, 6.45) is -4.44. The lowest BCUT2D eigenvalue weighted by atomic mass is 10.1. The summed E-state index contributed by atoms with van der Waals surface area (Å²) in [4.78, 5) is 3.64. The van der Waals surface area contributed by atoms with Gasteiger partial charge in [-0.3, -0.25) is 0 Å². The van der Waals surface area contributed by atoms with Gasteiger partial charge in [0.1, 0.15) is 11.5 Å². The first-order chi connectivity index (χ1) is 10.7. The monoisotopic (exact) mass is 347 g/mol. The van der Waals surface area contributed by atoms with E-state index in [2.05, 4.69) is 4.99 Å². The number of halogens is 5. The number of aliphatic imine (C=N–C) groups is 1. The van der Waals surface area contributed by atoms with Crippen molar-refractivity contribution in [1.82, 2.24) is 0 Å². The fourth-order valence-corrected chi connectivity index (χ4v) is 2.53. The first kappa shape index (κ1) is 16.9. The van der Waals surface area contributed by atoms with Crippen LogP contribution in [0.3, 0.4) is 0 Å². The molecule has 3 nitrogen and oxygen atoms in total. The van der Waals surface area contributed by atoms with Crippen molar-refractivity contribution in [2.75, 3.05) is 0 Å². The van der Waals surface area contributed by atoms with Gasteiger partial charge in [-0.25, -0.2) is 13.8 Å². The second-order valence-corrected chi connectivity index (χ2v) is 5.29. The highest BCUT2D eigenvalue weighted by Crippen LogP contribution is 2.37. The van der Waals surface area contributed by atoms with Gasteiger partial charge in [-0.1, -0.05) is 6.07 Å². The number of alkyl halides is 3. The van der Waals surface area contributed by atoms with Gasteiger partial charge in [-0.15, -0.1) is 11.3 Å². The molecule has 0 amide bonds. The van der Waals surface area contributed by atoms with E-state index in [1.54, 1.807) is 11.4 Å². The van der Waals surface area contributed by atoms with Crippen LogP contribution < -0.4 is 11.5 Å². The van der Waals surface area contributed by atoms with E-state index in [4.69, 9.17) is 11.5 Å². The molecule has 0 saturated carbocycles. The zero-order valence-electron chi connectivity index (χ0n) is 11.4. The van der Waals surface area contributed by atoms with Gasteiger partial charge in [0, 0.05) is 22.7 Å². The number of rotatable bonds is 3. The zero-order valence-corrected chi connectivity index (χ0v) is 12.2. The van der Waals surface area contributed by atoms with Gasteiger partial charge in [-0.2, -0.15) is 13.2 Å². The Bertz CT molecular complexity index is 763. The molecule has 2 rings (SSSR count). The standard InChI is InChI=1S/C14H10F5N3S/c15-7-4-8(11-2-1-3-23-11)12(9(16)5-7)22-13(10(21)6-20)14(17,18)19/h1-6H,20-21H2. The molecule has 0 aliphatic rings. The van der Waals surface area contributed by atoms with Crippen LogP contribution in [0.25, 0.3) is 10.4 Å². The van der Waals surface area contributed by atoms with Crippen LogP contribution in [-0.2, 0) is 0 Å². The third-order valence-corrected chi connectivity index (χ3v) is 3.66. The maximum atomic E-state index is 14.0. The van der Waals surface area contributed by atoms with Gasteiger partial charge in [-0.05, 0) is 17.5 Å². The highest BCUT2D eigenvalue weighted by molar-refractivity contribution is 7.13. The van der Waals surface area contributed by atoms with Gasteiger partial charge in [0.25, 0.3) is 0 Å². The highest BCUT2D eigenvalue weighted by Gasteiger charge is 2.38. The lowest BCUT2D eigenvalue weighted by Gasteiger charge is -2.12. The number of thiophene rings is 1. The Balaban J connectivity index is 2.74. The van der Waals surface area contributed by atoms with Crippen molar-refractivity contribution in [1.29, 1.82) is 0 Å². The normalized spacial score (nSPS) is 13.4. The van der Waals surface area contributed by atoms with E-state index in [9.17, 15) is 22.0 Å². The quantitative estimate of drug-likeness (QED) is 0.649. The number of allylic oxidation sites excluding steroid dienone is 1. The first-order valence-corrected chi connectivity index (χ1v) is 6.98. The molecule has 122 valence electrons.